The number of nitrogens with one attached hydrogen (secondary N) is 3. The maximum absolute atomic E-state index is 12.3. The van der Waals surface area contributed by atoms with Crippen molar-refractivity contribution >= 4 is 22.8 Å². The van der Waals surface area contributed by atoms with E-state index in [2.05, 4.69) is 34.7 Å². The fourth-order valence-electron chi connectivity index (χ4n) is 2.70. The number of fused-ring (bicyclic) bond motifs is 1. The number of carbonyl (C=O) groups excluding carboxylic acids is 1. The standard InChI is InChI=1S/C15H19N3O.C2HF3O2/c1-9-3-4-13-12(7-9)10(2)14(18-13)15(19)17-11-5-6-16-8-11;3-2(4,5)1(6)7/h3-4,7,11,16,18H,5-6,8H2,1-2H3,(H,17,19);(H,6,7)/t11-;/m0./s1. The number of H-pyrrole nitrogens is 1. The van der Waals surface area contributed by atoms with E-state index in [1.165, 1.54) is 5.56 Å². The molecule has 0 radical (unpaired) electrons. The van der Waals surface area contributed by atoms with E-state index >= 15 is 0 Å². The van der Waals surface area contributed by atoms with Crippen molar-refractivity contribution in [3.63, 3.8) is 0 Å². The van der Waals surface area contributed by atoms with Crippen LogP contribution in [0.5, 0.6) is 0 Å². The Bertz CT molecular complexity index is 809. The first-order chi connectivity index (χ1) is 12.1. The van der Waals surface area contributed by atoms with Crippen molar-refractivity contribution in [1.82, 2.24) is 15.6 Å². The molecular formula is C17H20F3N3O3. The summed E-state index contributed by atoms with van der Waals surface area (Å²) < 4.78 is 31.7. The zero-order valence-electron chi connectivity index (χ0n) is 14.3. The Hall–Kier alpha value is -2.55. The summed E-state index contributed by atoms with van der Waals surface area (Å²) in [7, 11) is 0. The molecule has 4 N–H and O–H groups in total. The van der Waals surface area contributed by atoms with Crippen LogP contribution in [-0.4, -0.2) is 47.3 Å². The molecule has 142 valence electrons. The van der Waals surface area contributed by atoms with Crippen molar-refractivity contribution in [2.24, 2.45) is 0 Å². The van der Waals surface area contributed by atoms with Crippen LogP contribution in [0.15, 0.2) is 18.2 Å². The normalized spacial score (nSPS) is 16.9. The number of aryl methyl sites for hydroxylation is 2. The minimum absolute atomic E-state index is 0.0000491. The summed E-state index contributed by atoms with van der Waals surface area (Å²) in [6.07, 6.45) is -4.08. The van der Waals surface area contributed by atoms with Gasteiger partial charge in [-0.25, -0.2) is 4.79 Å². The zero-order valence-corrected chi connectivity index (χ0v) is 14.3. The van der Waals surface area contributed by atoms with Gasteiger partial charge in [0.15, 0.2) is 0 Å². The Morgan fingerprint density at radius 3 is 2.46 bits per heavy atom. The van der Waals surface area contributed by atoms with Gasteiger partial charge in [0.25, 0.3) is 5.91 Å². The Morgan fingerprint density at radius 1 is 1.27 bits per heavy atom. The van der Waals surface area contributed by atoms with Crippen LogP contribution < -0.4 is 10.6 Å². The molecule has 26 heavy (non-hydrogen) atoms. The highest BCUT2D eigenvalue weighted by molar-refractivity contribution is 6.01. The topological polar surface area (TPSA) is 94.2 Å². The molecule has 1 saturated heterocycles. The highest BCUT2D eigenvalue weighted by Gasteiger charge is 2.38. The number of benzene rings is 1. The van der Waals surface area contributed by atoms with E-state index < -0.39 is 12.1 Å². The van der Waals surface area contributed by atoms with Gasteiger partial charge in [0, 0.05) is 23.5 Å². The van der Waals surface area contributed by atoms with E-state index in [1.807, 2.05) is 13.0 Å². The van der Waals surface area contributed by atoms with E-state index in [0.29, 0.717) is 5.69 Å². The maximum Gasteiger partial charge on any atom is 0.490 e. The average molecular weight is 371 g/mol. The lowest BCUT2D eigenvalue weighted by molar-refractivity contribution is -0.192. The molecule has 3 rings (SSSR count). The Balaban J connectivity index is 0.000000298. The maximum atomic E-state index is 12.3. The fraction of sp³-hybridized carbons (Fsp3) is 0.412. The minimum Gasteiger partial charge on any atom is -0.475 e. The van der Waals surface area contributed by atoms with Crippen molar-refractivity contribution in [3.05, 3.63) is 35.0 Å². The van der Waals surface area contributed by atoms with E-state index in [4.69, 9.17) is 9.90 Å². The van der Waals surface area contributed by atoms with Crippen LogP contribution in [0.2, 0.25) is 0 Å². The second-order valence-electron chi connectivity index (χ2n) is 6.14. The summed E-state index contributed by atoms with van der Waals surface area (Å²) in [5, 5.41) is 14.6. The van der Waals surface area contributed by atoms with Crippen LogP contribution in [0.3, 0.4) is 0 Å². The van der Waals surface area contributed by atoms with Crippen LogP contribution in [0.4, 0.5) is 13.2 Å². The highest BCUT2D eigenvalue weighted by Crippen LogP contribution is 2.23. The molecule has 1 aromatic heterocycles. The van der Waals surface area contributed by atoms with E-state index in [0.717, 1.165) is 36.0 Å². The second kappa shape index (κ2) is 7.77. The summed E-state index contributed by atoms with van der Waals surface area (Å²) in [5.74, 6) is -2.76. The minimum atomic E-state index is -5.08. The van der Waals surface area contributed by atoms with Crippen LogP contribution in [0.1, 0.15) is 28.0 Å². The number of rotatable bonds is 2. The molecule has 0 unspecified atom stereocenters. The van der Waals surface area contributed by atoms with Crippen LogP contribution in [0, 0.1) is 13.8 Å². The van der Waals surface area contributed by atoms with Crippen LogP contribution in [0.25, 0.3) is 10.9 Å². The van der Waals surface area contributed by atoms with Crippen molar-refractivity contribution < 1.29 is 27.9 Å². The van der Waals surface area contributed by atoms with E-state index in [1.54, 1.807) is 0 Å². The summed E-state index contributed by atoms with van der Waals surface area (Å²) in [6.45, 7) is 5.91. The van der Waals surface area contributed by atoms with Gasteiger partial charge in [0.1, 0.15) is 5.69 Å². The zero-order chi connectivity index (χ0) is 19.5. The number of hydrogen-bond donors (Lipinski definition) is 4. The molecule has 2 heterocycles. The molecule has 0 saturated carbocycles. The Morgan fingerprint density at radius 2 is 1.92 bits per heavy atom. The number of carboxylic acids is 1. The lowest BCUT2D eigenvalue weighted by Crippen LogP contribution is -2.36. The number of amides is 1. The smallest absolute Gasteiger partial charge is 0.475 e. The number of hydrogen-bond acceptors (Lipinski definition) is 3. The number of halogens is 3. The Kier molecular flexibility index (Phi) is 5.91. The first kappa shape index (κ1) is 19.8. The second-order valence-corrected chi connectivity index (χ2v) is 6.14. The lowest BCUT2D eigenvalue weighted by Gasteiger charge is -2.10. The predicted molar refractivity (Wildman–Crippen MR) is 90.2 cm³/mol. The van der Waals surface area contributed by atoms with Gasteiger partial charge in [0.05, 0.1) is 0 Å². The highest BCUT2D eigenvalue weighted by atomic mass is 19.4. The predicted octanol–water partition coefficient (Wildman–Crippen LogP) is 2.51. The molecule has 1 fully saturated rings. The SMILES string of the molecule is Cc1ccc2[nH]c(C(=O)N[C@H]3CCNC3)c(C)c2c1.O=C(O)C(F)(F)F. The molecular weight excluding hydrogens is 351 g/mol. The molecule has 1 amide bonds. The van der Waals surface area contributed by atoms with Crippen molar-refractivity contribution in [2.75, 3.05) is 13.1 Å². The third-order valence-electron chi connectivity index (χ3n) is 4.08. The van der Waals surface area contributed by atoms with Crippen LogP contribution in [-0.2, 0) is 4.79 Å². The van der Waals surface area contributed by atoms with Gasteiger partial charge in [0.2, 0.25) is 0 Å². The molecule has 0 bridgehead atoms. The monoisotopic (exact) mass is 371 g/mol. The average Bonchev–Trinajstić information content (AvgIpc) is 3.15. The van der Waals surface area contributed by atoms with E-state index in [-0.39, 0.29) is 11.9 Å². The molecule has 1 aliphatic rings. The molecule has 6 nitrogen and oxygen atoms in total. The quantitative estimate of drug-likeness (QED) is 0.653. The fourth-order valence-corrected chi connectivity index (χ4v) is 2.70. The van der Waals surface area contributed by atoms with Gasteiger partial charge >= 0.3 is 12.1 Å². The van der Waals surface area contributed by atoms with Gasteiger partial charge in [-0.05, 0) is 44.5 Å². The molecule has 1 aliphatic heterocycles. The Labute approximate surface area is 147 Å². The first-order valence-corrected chi connectivity index (χ1v) is 8.00. The van der Waals surface area contributed by atoms with Gasteiger partial charge < -0.3 is 20.7 Å². The number of carbonyl (C=O) groups is 2. The van der Waals surface area contributed by atoms with Crippen molar-refractivity contribution in [2.45, 2.75) is 32.5 Å². The van der Waals surface area contributed by atoms with Gasteiger partial charge in [-0.1, -0.05) is 11.6 Å². The largest absolute Gasteiger partial charge is 0.490 e. The number of alkyl halides is 3. The lowest BCUT2D eigenvalue weighted by atomic mass is 10.1. The summed E-state index contributed by atoms with van der Waals surface area (Å²) in [5.41, 5.74) is 3.95. The molecule has 1 atom stereocenters. The summed E-state index contributed by atoms with van der Waals surface area (Å²) in [4.78, 5) is 24.4. The van der Waals surface area contributed by atoms with Gasteiger partial charge in [-0.3, -0.25) is 4.79 Å². The molecule has 0 aliphatic carbocycles. The summed E-state index contributed by atoms with van der Waals surface area (Å²) in [6, 6.07) is 6.46. The third kappa shape index (κ3) is 4.75. The molecule has 1 aromatic carbocycles. The van der Waals surface area contributed by atoms with Crippen molar-refractivity contribution in [1.29, 1.82) is 0 Å². The van der Waals surface area contributed by atoms with Gasteiger partial charge in [-0.2, -0.15) is 13.2 Å². The summed E-state index contributed by atoms with van der Waals surface area (Å²) >= 11 is 0. The number of carboxylic acid groups (broad SMARTS) is 1. The number of aliphatic carboxylic acids is 1. The number of aromatic nitrogens is 1. The third-order valence-corrected chi connectivity index (χ3v) is 4.08. The molecule has 9 heteroatoms. The van der Waals surface area contributed by atoms with Crippen molar-refractivity contribution in [3.8, 4) is 0 Å². The molecule has 2 aromatic rings. The number of aromatic amines is 1. The van der Waals surface area contributed by atoms with Gasteiger partial charge in [-0.15, -0.1) is 0 Å². The van der Waals surface area contributed by atoms with Crippen LogP contribution >= 0.6 is 0 Å². The first-order valence-electron chi connectivity index (χ1n) is 8.00. The van der Waals surface area contributed by atoms with E-state index in [9.17, 15) is 18.0 Å². The molecule has 0 spiro atoms.